The topological polar surface area (TPSA) is 32.8 Å². The summed E-state index contributed by atoms with van der Waals surface area (Å²) < 4.78 is 5.57. The zero-order valence-corrected chi connectivity index (χ0v) is 15.1. The molecular weight excluding hydrogens is 312 g/mol. The number of para-hydroxylation sites is 1. The Hall–Kier alpha value is -2.49. The van der Waals surface area contributed by atoms with Gasteiger partial charge in [0.05, 0.1) is 6.61 Å². The van der Waals surface area contributed by atoms with Crippen LogP contribution in [0.25, 0.3) is 0 Å². The van der Waals surface area contributed by atoms with Gasteiger partial charge in [0.25, 0.3) is 5.91 Å². The molecule has 1 amide bonds. The largest absolute Gasteiger partial charge is 0.494 e. The first-order valence-corrected chi connectivity index (χ1v) is 9.01. The molecule has 0 radical (unpaired) electrons. The van der Waals surface area contributed by atoms with Crippen LogP contribution in [0.4, 0.5) is 5.69 Å². The second-order valence-electron chi connectivity index (χ2n) is 6.38. The fourth-order valence-electron chi connectivity index (χ4n) is 3.30. The average Bonchev–Trinajstić information content (AvgIpc) is 2.90. The first kappa shape index (κ1) is 17.3. The summed E-state index contributed by atoms with van der Waals surface area (Å²) in [4.78, 5) is 17.2. The van der Waals surface area contributed by atoms with E-state index in [0.717, 1.165) is 49.5 Å². The number of aryl methyl sites for hydroxylation is 1. The fraction of sp³-hybridized carbons (Fsp3) is 0.381. The van der Waals surface area contributed by atoms with E-state index >= 15 is 0 Å². The Labute approximate surface area is 150 Å². The van der Waals surface area contributed by atoms with Crippen LogP contribution in [0, 0.1) is 6.92 Å². The van der Waals surface area contributed by atoms with Gasteiger partial charge in [0, 0.05) is 37.4 Å². The Bertz CT molecular complexity index is 715. The van der Waals surface area contributed by atoms with Gasteiger partial charge in [-0.3, -0.25) is 4.79 Å². The lowest BCUT2D eigenvalue weighted by Gasteiger charge is -2.24. The lowest BCUT2D eigenvalue weighted by Crippen LogP contribution is -2.35. The van der Waals surface area contributed by atoms with Gasteiger partial charge in [-0.1, -0.05) is 18.2 Å². The molecule has 3 rings (SSSR count). The van der Waals surface area contributed by atoms with Gasteiger partial charge in [0.2, 0.25) is 0 Å². The Balaban J connectivity index is 1.68. The van der Waals surface area contributed by atoms with Gasteiger partial charge in [-0.05, 0) is 56.2 Å². The van der Waals surface area contributed by atoms with Crippen LogP contribution < -0.4 is 9.64 Å². The molecule has 25 heavy (non-hydrogen) atoms. The molecule has 132 valence electrons. The van der Waals surface area contributed by atoms with E-state index in [1.54, 1.807) is 0 Å². The summed E-state index contributed by atoms with van der Waals surface area (Å²) in [6, 6.07) is 16.1. The molecule has 0 spiro atoms. The Morgan fingerprint density at radius 3 is 2.56 bits per heavy atom. The van der Waals surface area contributed by atoms with Crippen molar-refractivity contribution in [1.29, 1.82) is 0 Å². The van der Waals surface area contributed by atoms with Crippen LogP contribution in [0.5, 0.6) is 5.75 Å². The summed E-state index contributed by atoms with van der Waals surface area (Å²) in [7, 11) is 0. The van der Waals surface area contributed by atoms with E-state index in [1.165, 1.54) is 5.69 Å². The minimum atomic E-state index is 0.112. The summed E-state index contributed by atoms with van der Waals surface area (Å²) in [5.41, 5.74) is 2.98. The third-order valence-electron chi connectivity index (χ3n) is 4.63. The molecule has 1 fully saturated rings. The maximum atomic E-state index is 12.9. The van der Waals surface area contributed by atoms with E-state index in [2.05, 4.69) is 29.2 Å². The minimum absolute atomic E-state index is 0.112. The van der Waals surface area contributed by atoms with Gasteiger partial charge in [0.15, 0.2) is 0 Å². The van der Waals surface area contributed by atoms with Crippen molar-refractivity contribution in [3.05, 3.63) is 59.7 Å². The van der Waals surface area contributed by atoms with Crippen LogP contribution in [0.15, 0.2) is 48.5 Å². The molecule has 1 aliphatic rings. The molecule has 0 aliphatic carbocycles. The number of anilines is 1. The normalized spacial score (nSPS) is 15.0. The van der Waals surface area contributed by atoms with Crippen molar-refractivity contribution < 1.29 is 9.53 Å². The predicted octanol–water partition coefficient (Wildman–Crippen LogP) is 3.75. The fourth-order valence-corrected chi connectivity index (χ4v) is 3.30. The van der Waals surface area contributed by atoms with Crippen LogP contribution in [-0.4, -0.2) is 43.6 Å². The second kappa shape index (κ2) is 8.06. The van der Waals surface area contributed by atoms with Crippen molar-refractivity contribution in [1.82, 2.24) is 4.90 Å². The summed E-state index contributed by atoms with van der Waals surface area (Å²) in [5, 5.41) is 0. The summed E-state index contributed by atoms with van der Waals surface area (Å²) >= 11 is 0. The number of ether oxygens (including phenoxy) is 1. The Morgan fingerprint density at radius 2 is 1.84 bits per heavy atom. The molecule has 2 aromatic carbocycles. The maximum Gasteiger partial charge on any atom is 0.253 e. The van der Waals surface area contributed by atoms with Crippen LogP contribution in [0.2, 0.25) is 0 Å². The van der Waals surface area contributed by atoms with E-state index in [4.69, 9.17) is 4.74 Å². The summed E-state index contributed by atoms with van der Waals surface area (Å²) in [6.07, 6.45) is 0.983. The zero-order chi connectivity index (χ0) is 17.6. The molecule has 4 heteroatoms. The number of benzene rings is 2. The third kappa shape index (κ3) is 4.13. The van der Waals surface area contributed by atoms with E-state index in [9.17, 15) is 4.79 Å². The number of hydrogen-bond acceptors (Lipinski definition) is 3. The molecule has 1 aliphatic heterocycles. The van der Waals surface area contributed by atoms with Crippen LogP contribution >= 0.6 is 0 Å². The molecule has 0 aromatic heterocycles. The Kier molecular flexibility index (Phi) is 5.59. The van der Waals surface area contributed by atoms with Gasteiger partial charge in [0.1, 0.15) is 5.75 Å². The highest BCUT2D eigenvalue weighted by Gasteiger charge is 2.21. The molecule has 1 saturated heterocycles. The molecule has 4 nitrogen and oxygen atoms in total. The molecule has 0 unspecified atom stereocenters. The lowest BCUT2D eigenvalue weighted by atomic mass is 10.1. The predicted molar refractivity (Wildman–Crippen MR) is 102 cm³/mol. The highest BCUT2D eigenvalue weighted by molar-refractivity contribution is 5.94. The van der Waals surface area contributed by atoms with Gasteiger partial charge in [-0.25, -0.2) is 0 Å². The SMILES string of the molecule is CCOc1ccc(C(=O)N2CCCN(c3ccccc3)CC2)cc1C. The van der Waals surface area contributed by atoms with Gasteiger partial charge >= 0.3 is 0 Å². The average molecular weight is 338 g/mol. The first-order chi connectivity index (χ1) is 12.2. The molecule has 1 heterocycles. The van der Waals surface area contributed by atoms with Crippen LogP contribution in [0.3, 0.4) is 0 Å². The van der Waals surface area contributed by atoms with E-state index in [0.29, 0.717) is 6.61 Å². The molecule has 0 bridgehead atoms. The smallest absolute Gasteiger partial charge is 0.253 e. The summed E-state index contributed by atoms with van der Waals surface area (Å²) in [5.74, 6) is 0.964. The summed E-state index contributed by atoms with van der Waals surface area (Å²) in [6.45, 7) is 7.99. The van der Waals surface area contributed by atoms with Crippen molar-refractivity contribution >= 4 is 11.6 Å². The standard InChI is InChI=1S/C21H26N2O2/c1-3-25-20-11-10-18(16-17(20)2)21(24)23-13-7-12-22(14-15-23)19-8-5-4-6-9-19/h4-6,8-11,16H,3,7,12-15H2,1-2H3. The zero-order valence-electron chi connectivity index (χ0n) is 15.1. The number of carbonyl (C=O) groups is 1. The van der Waals surface area contributed by atoms with Crippen molar-refractivity contribution in [3.8, 4) is 5.75 Å². The monoisotopic (exact) mass is 338 g/mol. The molecule has 0 N–H and O–H groups in total. The van der Waals surface area contributed by atoms with Crippen molar-refractivity contribution in [2.24, 2.45) is 0 Å². The maximum absolute atomic E-state index is 12.9. The van der Waals surface area contributed by atoms with Crippen molar-refractivity contribution in [2.75, 3.05) is 37.7 Å². The van der Waals surface area contributed by atoms with E-state index < -0.39 is 0 Å². The third-order valence-corrected chi connectivity index (χ3v) is 4.63. The molecule has 0 saturated carbocycles. The number of hydrogen-bond donors (Lipinski definition) is 0. The number of carbonyl (C=O) groups excluding carboxylic acids is 1. The van der Waals surface area contributed by atoms with E-state index in [1.807, 2.05) is 43.0 Å². The van der Waals surface area contributed by atoms with E-state index in [-0.39, 0.29) is 5.91 Å². The highest BCUT2D eigenvalue weighted by atomic mass is 16.5. The molecule has 2 aromatic rings. The number of nitrogens with zero attached hydrogens (tertiary/aromatic N) is 2. The van der Waals surface area contributed by atoms with Gasteiger partial charge in [-0.2, -0.15) is 0 Å². The number of amides is 1. The highest BCUT2D eigenvalue weighted by Crippen LogP contribution is 2.21. The Morgan fingerprint density at radius 1 is 1.04 bits per heavy atom. The van der Waals surface area contributed by atoms with Gasteiger partial charge < -0.3 is 14.5 Å². The van der Waals surface area contributed by atoms with Crippen molar-refractivity contribution in [3.63, 3.8) is 0 Å². The van der Waals surface area contributed by atoms with Crippen LogP contribution in [0.1, 0.15) is 29.3 Å². The quantitative estimate of drug-likeness (QED) is 0.851. The van der Waals surface area contributed by atoms with Crippen molar-refractivity contribution in [2.45, 2.75) is 20.3 Å². The van der Waals surface area contributed by atoms with Crippen LogP contribution in [-0.2, 0) is 0 Å². The molecular formula is C21H26N2O2. The number of rotatable bonds is 4. The lowest BCUT2D eigenvalue weighted by molar-refractivity contribution is 0.0767. The minimum Gasteiger partial charge on any atom is -0.494 e. The molecule has 0 atom stereocenters. The van der Waals surface area contributed by atoms with Gasteiger partial charge in [-0.15, -0.1) is 0 Å². The first-order valence-electron chi connectivity index (χ1n) is 9.01. The second-order valence-corrected chi connectivity index (χ2v) is 6.38.